The van der Waals surface area contributed by atoms with Crippen molar-refractivity contribution in [2.75, 3.05) is 25.5 Å². The van der Waals surface area contributed by atoms with Crippen molar-refractivity contribution < 1.29 is 19.1 Å². The minimum absolute atomic E-state index is 0.0759. The summed E-state index contributed by atoms with van der Waals surface area (Å²) in [4.78, 5) is 26.7. The molecule has 1 heterocycles. The fraction of sp³-hybridized carbons (Fsp3) is 0.391. The normalized spacial score (nSPS) is 16.4. The number of rotatable bonds is 5. The van der Waals surface area contributed by atoms with Gasteiger partial charge in [-0.2, -0.15) is 0 Å². The molecule has 1 fully saturated rings. The van der Waals surface area contributed by atoms with Crippen LogP contribution < -0.4 is 10.1 Å². The van der Waals surface area contributed by atoms with E-state index in [0.717, 1.165) is 35.4 Å². The zero-order chi connectivity index (χ0) is 20.8. The zero-order valence-electron chi connectivity index (χ0n) is 17.2. The summed E-state index contributed by atoms with van der Waals surface area (Å²) in [5, 5.41) is 3.06. The highest BCUT2D eigenvalue weighted by molar-refractivity contribution is 5.97. The van der Waals surface area contributed by atoms with Gasteiger partial charge in [0.1, 0.15) is 5.75 Å². The zero-order valence-corrected chi connectivity index (χ0v) is 17.2. The number of methoxy groups -OCH3 is 1. The van der Waals surface area contributed by atoms with E-state index in [2.05, 4.69) is 5.32 Å². The summed E-state index contributed by atoms with van der Waals surface area (Å²) in [6.07, 6.45) is 1.01. The van der Waals surface area contributed by atoms with Gasteiger partial charge in [-0.05, 0) is 50.5 Å². The highest BCUT2D eigenvalue weighted by Crippen LogP contribution is 2.30. The maximum Gasteiger partial charge on any atom is 0.410 e. The van der Waals surface area contributed by atoms with Crippen LogP contribution in [0.5, 0.6) is 5.75 Å². The number of benzene rings is 2. The van der Waals surface area contributed by atoms with Gasteiger partial charge in [-0.15, -0.1) is 0 Å². The monoisotopic (exact) mass is 396 g/mol. The number of piperidine rings is 1. The number of hydrogen-bond donors (Lipinski definition) is 1. The fourth-order valence-electron chi connectivity index (χ4n) is 3.48. The first-order valence-electron chi connectivity index (χ1n) is 9.98. The highest BCUT2D eigenvalue weighted by Gasteiger charge is 2.29. The van der Waals surface area contributed by atoms with Gasteiger partial charge in [0.2, 0.25) is 5.91 Å². The van der Waals surface area contributed by atoms with Crippen LogP contribution in [0, 0.1) is 5.92 Å². The summed E-state index contributed by atoms with van der Waals surface area (Å²) in [5.41, 5.74) is 2.69. The van der Waals surface area contributed by atoms with E-state index in [-0.39, 0.29) is 24.0 Å². The molecular weight excluding hydrogens is 368 g/mol. The van der Waals surface area contributed by atoms with Crippen molar-refractivity contribution in [1.82, 2.24) is 4.90 Å². The topological polar surface area (TPSA) is 67.9 Å². The van der Waals surface area contributed by atoms with Gasteiger partial charge in [0.25, 0.3) is 0 Å². The molecular formula is C23H28N2O4. The first kappa shape index (κ1) is 20.7. The third-order valence-electron chi connectivity index (χ3n) is 4.97. The van der Waals surface area contributed by atoms with E-state index < -0.39 is 0 Å². The summed E-state index contributed by atoms with van der Waals surface area (Å²) < 4.78 is 10.5. The molecule has 0 radical (unpaired) electrons. The van der Waals surface area contributed by atoms with Crippen LogP contribution in [0.25, 0.3) is 11.1 Å². The second kappa shape index (κ2) is 9.45. The number of amides is 2. The van der Waals surface area contributed by atoms with Crippen molar-refractivity contribution in [2.45, 2.75) is 32.8 Å². The fourth-order valence-corrected chi connectivity index (χ4v) is 3.48. The summed E-state index contributed by atoms with van der Waals surface area (Å²) in [5.74, 6) is 0.450. The van der Waals surface area contributed by atoms with Crippen molar-refractivity contribution >= 4 is 17.7 Å². The van der Waals surface area contributed by atoms with Crippen molar-refractivity contribution in [1.29, 1.82) is 0 Å². The lowest BCUT2D eigenvalue weighted by Gasteiger charge is -2.32. The van der Waals surface area contributed by atoms with Gasteiger partial charge in [-0.3, -0.25) is 4.79 Å². The predicted octanol–water partition coefficient (Wildman–Crippen LogP) is 4.56. The van der Waals surface area contributed by atoms with Crippen molar-refractivity contribution in [3.63, 3.8) is 0 Å². The Kier molecular flexibility index (Phi) is 6.75. The Labute approximate surface area is 171 Å². The molecule has 1 atom stereocenters. The molecule has 0 saturated carbocycles. The Hall–Kier alpha value is -3.02. The number of nitrogens with one attached hydrogen (secondary N) is 1. The van der Waals surface area contributed by atoms with Gasteiger partial charge in [0, 0.05) is 24.3 Å². The lowest BCUT2D eigenvalue weighted by molar-refractivity contribution is -0.121. The number of para-hydroxylation sites is 1. The first-order chi connectivity index (χ1) is 14.0. The smallest absolute Gasteiger partial charge is 0.410 e. The predicted molar refractivity (Wildman–Crippen MR) is 113 cm³/mol. The molecule has 2 aromatic carbocycles. The van der Waals surface area contributed by atoms with E-state index in [1.54, 1.807) is 12.0 Å². The minimum Gasteiger partial charge on any atom is -0.497 e. The van der Waals surface area contributed by atoms with Crippen molar-refractivity contribution in [3.8, 4) is 16.9 Å². The maximum absolute atomic E-state index is 12.9. The molecule has 0 spiro atoms. The Morgan fingerprint density at radius 3 is 2.52 bits per heavy atom. The van der Waals surface area contributed by atoms with Gasteiger partial charge < -0.3 is 19.7 Å². The van der Waals surface area contributed by atoms with Crippen LogP contribution in [0.3, 0.4) is 0 Å². The Bertz CT molecular complexity index is 848. The van der Waals surface area contributed by atoms with E-state index in [1.165, 1.54) is 0 Å². The number of likely N-dealkylation sites (tertiary alicyclic amines) is 1. The Balaban J connectivity index is 1.71. The highest BCUT2D eigenvalue weighted by atomic mass is 16.6. The van der Waals surface area contributed by atoms with Crippen LogP contribution in [0.2, 0.25) is 0 Å². The van der Waals surface area contributed by atoms with Crippen molar-refractivity contribution in [2.24, 2.45) is 5.92 Å². The maximum atomic E-state index is 12.9. The molecule has 0 unspecified atom stereocenters. The average Bonchev–Trinajstić information content (AvgIpc) is 2.74. The first-order valence-corrected chi connectivity index (χ1v) is 9.98. The molecule has 0 aromatic heterocycles. The Morgan fingerprint density at radius 2 is 1.83 bits per heavy atom. The van der Waals surface area contributed by atoms with Gasteiger partial charge in [-0.25, -0.2) is 4.79 Å². The van der Waals surface area contributed by atoms with Crippen LogP contribution in [0.4, 0.5) is 10.5 Å². The van der Waals surface area contributed by atoms with Crippen LogP contribution in [0.1, 0.15) is 26.7 Å². The van der Waals surface area contributed by atoms with Gasteiger partial charge in [0.05, 0.1) is 19.1 Å². The summed E-state index contributed by atoms with van der Waals surface area (Å²) in [6.45, 7) is 4.64. The molecule has 1 aliphatic rings. The Morgan fingerprint density at radius 1 is 1.10 bits per heavy atom. The molecule has 1 aliphatic heterocycles. The third kappa shape index (κ3) is 5.28. The summed E-state index contributed by atoms with van der Waals surface area (Å²) >= 11 is 0. The van der Waals surface area contributed by atoms with Gasteiger partial charge >= 0.3 is 6.09 Å². The molecule has 29 heavy (non-hydrogen) atoms. The molecule has 1 saturated heterocycles. The third-order valence-corrected chi connectivity index (χ3v) is 4.97. The molecule has 0 bridgehead atoms. The summed E-state index contributed by atoms with van der Waals surface area (Å²) in [7, 11) is 1.63. The number of ether oxygens (including phenoxy) is 2. The second-order valence-corrected chi connectivity index (χ2v) is 7.48. The molecule has 3 rings (SSSR count). The molecule has 2 aromatic rings. The van der Waals surface area contributed by atoms with E-state index in [1.807, 2.05) is 62.4 Å². The van der Waals surface area contributed by atoms with Gasteiger partial charge in [-0.1, -0.05) is 30.3 Å². The van der Waals surface area contributed by atoms with Crippen LogP contribution >= 0.6 is 0 Å². The summed E-state index contributed by atoms with van der Waals surface area (Å²) in [6, 6.07) is 15.4. The van der Waals surface area contributed by atoms with Crippen LogP contribution in [-0.4, -0.2) is 43.2 Å². The SMILES string of the molecule is COc1ccc(-c2ccccc2NC(=O)[C@H]2CCCN(C(=O)OC(C)C)C2)cc1. The molecule has 1 N–H and O–H groups in total. The number of anilines is 1. The lowest BCUT2D eigenvalue weighted by atomic mass is 9.96. The molecule has 6 nitrogen and oxygen atoms in total. The molecule has 2 amide bonds. The number of carbonyl (C=O) groups excluding carboxylic acids is 2. The standard InChI is InChI=1S/C23H28N2O4/c1-16(2)29-23(27)25-14-6-7-18(15-25)22(26)24-21-9-5-4-8-20(21)17-10-12-19(28-3)13-11-17/h4-5,8-13,16,18H,6-7,14-15H2,1-3H3,(H,24,26)/t18-/m0/s1. The molecule has 0 aliphatic carbocycles. The minimum atomic E-state index is -0.351. The van der Waals surface area contributed by atoms with E-state index in [9.17, 15) is 9.59 Å². The largest absolute Gasteiger partial charge is 0.497 e. The lowest BCUT2D eigenvalue weighted by Crippen LogP contribution is -2.44. The van der Waals surface area contributed by atoms with Gasteiger partial charge in [0.15, 0.2) is 0 Å². The average molecular weight is 396 g/mol. The van der Waals surface area contributed by atoms with E-state index in [0.29, 0.717) is 13.1 Å². The number of carbonyl (C=O) groups is 2. The molecule has 6 heteroatoms. The number of hydrogen-bond acceptors (Lipinski definition) is 4. The van der Waals surface area contributed by atoms with Crippen LogP contribution in [0.15, 0.2) is 48.5 Å². The van der Waals surface area contributed by atoms with E-state index >= 15 is 0 Å². The second-order valence-electron chi connectivity index (χ2n) is 7.48. The van der Waals surface area contributed by atoms with Crippen LogP contribution in [-0.2, 0) is 9.53 Å². The van der Waals surface area contributed by atoms with Crippen molar-refractivity contribution in [3.05, 3.63) is 48.5 Å². The quantitative estimate of drug-likeness (QED) is 0.805. The van der Waals surface area contributed by atoms with E-state index in [4.69, 9.17) is 9.47 Å². The molecule has 154 valence electrons. The number of nitrogens with zero attached hydrogens (tertiary/aromatic N) is 1.